The van der Waals surface area contributed by atoms with E-state index in [1.54, 1.807) is 0 Å². The van der Waals surface area contributed by atoms with Crippen molar-refractivity contribution in [2.45, 2.75) is 9.59 Å². The summed E-state index contributed by atoms with van der Waals surface area (Å²) in [6.45, 7) is 0. The molecule has 0 amide bonds. The van der Waals surface area contributed by atoms with Gasteiger partial charge in [-0.2, -0.15) is 5.11 Å². The molecule has 58 valence electrons. The van der Waals surface area contributed by atoms with Crippen LogP contribution in [0.1, 0.15) is 0 Å². The van der Waals surface area contributed by atoms with Gasteiger partial charge in [0.2, 0.25) is 0 Å². The maximum Gasteiger partial charge on any atom is 0.154 e. The van der Waals surface area contributed by atoms with Gasteiger partial charge >= 0.3 is 0 Å². The van der Waals surface area contributed by atoms with Gasteiger partial charge in [-0.25, -0.2) is 0 Å². The molecule has 2 rings (SSSR count). The van der Waals surface area contributed by atoms with Crippen molar-refractivity contribution in [3.8, 4) is 0 Å². The van der Waals surface area contributed by atoms with E-state index in [2.05, 4.69) is 38.4 Å². The predicted octanol–water partition coefficient (Wildman–Crippen LogP) is 2.15. The minimum atomic E-state index is -0.233. The zero-order valence-corrected chi connectivity index (χ0v) is 8.37. The van der Waals surface area contributed by atoms with Crippen LogP contribution in [0.2, 0.25) is 0 Å². The molecule has 2 atom stereocenters. The lowest BCUT2D eigenvalue weighted by Crippen LogP contribution is -2.39. The van der Waals surface area contributed by atoms with E-state index in [4.69, 9.17) is 11.6 Å². The first-order valence-corrected chi connectivity index (χ1v) is 4.59. The Balaban J connectivity index is 2.37. The first-order valence-electron chi connectivity index (χ1n) is 3.13. The van der Waals surface area contributed by atoms with Crippen LogP contribution in [0.15, 0.2) is 33.6 Å². The van der Waals surface area contributed by atoms with E-state index in [1.165, 1.54) is 0 Å². The molecule has 1 heterocycles. The Hall–Kier alpha value is -0.100. The second-order valence-corrected chi connectivity index (χ2v) is 4.65. The lowest BCUT2D eigenvalue weighted by atomic mass is 10.1. The number of alkyl halides is 1. The molecule has 0 saturated carbocycles. The third-order valence-electron chi connectivity index (χ3n) is 1.62. The molecule has 3 nitrogen and oxygen atoms in total. The number of fused-ring (bicyclic) bond motifs is 1. The number of allylic oxidation sites excluding steroid dienone is 2. The summed E-state index contributed by atoms with van der Waals surface area (Å²) in [7, 11) is 0. The van der Waals surface area contributed by atoms with Crippen molar-refractivity contribution in [2.24, 2.45) is 10.3 Å². The third kappa shape index (κ3) is 1.18. The number of nitrogens with one attached hydrogen (secondary N) is 1. The highest BCUT2D eigenvalue weighted by Gasteiger charge is 2.38. The van der Waals surface area contributed by atoms with E-state index in [1.807, 2.05) is 18.2 Å². The summed E-state index contributed by atoms with van der Waals surface area (Å²) in [5.74, 6) is 0. The van der Waals surface area contributed by atoms with Crippen LogP contribution in [0.4, 0.5) is 0 Å². The lowest BCUT2D eigenvalue weighted by Gasteiger charge is -2.23. The van der Waals surface area contributed by atoms with Gasteiger partial charge in [0.25, 0.3) is 0 Å². The van der Waals surface area contributed by atoms with E-state index >= 15 is 0 Å². The third-order valence-corrected chi connectivity index (χ3v) is 3.05. The van der Waals surface area contributed by atoms with Gasteiger partial charge in [0.05, 0.1) is 0 Å². The molecular weight excluding hydrogens is 276 g/mol. The fourth-order valence-electron chi connectivity index (χ4n) is 1.05. The second-order valence-electron chi connectivity index (χ2n) is 2.43. The van der Waals surface area contributed by atoms with Crippen LogP contribution >= 0.6 is 34.2 Å². The van der Waals surface area contributed by atoms with Crippen molar-refractivity contribution in [3.63, 3.8) is 0 Å². The maximum atomic E-state index is 5.82. The molecule has 11 heavy (non-hydrogen) atoms. The van der Waals surface area contributed by atoms with Gasteiger partial charge < -0.3 is 0 Å². The highest BCUT2D eigenvalue weighted by molar-refractivity contribution is 14.1. The smallest absolute Gasteiger partial charge is 0.154 e. The van der Waals surface area contributed by atoms with Gasteiger partial charge in [-0.3, -0.25) is 5.43 Å². The summed E-state index contributed by atoms with van der Waals surface area (Å²) >= 11 is 8.07. The van der Waals surface area contributed by atoms with Crippen molar-refractivity contribution in [3.05, 3.63) is 23.3 Å². The van der Waals surface area contributed by atoms with Crippen LogP contribution in [0.3, 0.4) is 0 Å². The number of rotatable bonds is 0. The van der Waals surface area contributed by atoms with Crippen molar-refractivity contribution < 1.29 is 0 Å². The zero-order chi connectivity index (χ0) is 7.90. The number of hydrogen-bond acceptors (Lipinski definition) is 3. The Bertz CT molecular complexity index is 273. The van der Waals surface area contributed by atoms with E-state index < -0.39 is 0 Å². The van der Waals surface area contributed by atoms with Gasteiger partial charge in [-0.05, 0) is 34.7 Å². The van der Waals surface area contributed by atoms with Gasteiger partial charge in [0, 0.05) is 5.03 Å². The minimum absolute atomic E-state index is 0.0885. The Kier molecular flexibility index (Phi) is 1.68. The van der Waals surface area contributed by atoms with Crippen molar-refractivity contribution >= 4 is 34.2 Å². The van der Waals surface area contributed by atoms with Crippen molar-refractivity contribution in [1.29, 1.82) is 0 Å². The summed E-state index contributed by atoms with van der Waals surface area (Å²) in [5, 5.41) is 8.46. The standard InChI is InChI=1S/C6H5ClIN3/c7-4-1-2-5-6(8,3-4)10-11-9-5/h1-3,5H,(H,9,10)/t5?,6-/m0/s1. The van der Waals surface area contributed by atoms with Crippen LogP contribution < -0.4 is 5.43 Å². The Morgan fingerprint density at radius 2 is 2.55 bits per heavy atom. The monoisotopic (exact) mass is 281 g/mol. The van der Waals surface area contributed by atoms with Gasteiger partial charge in [-0.1, -0.05) is 22.9 Å². The highest BCUT2D eigenvalue weighted by atomic mass is 127. The highest BCUT2D eigenvalue weighted by Crippen LogP contribution is 2.34. The van der Waals surface area contributed by atoms with E-state index in [9.17, 15) is 0 Å². The summed E-state index contributed by atoms with van der Waals surface area (Å²) < 4.78 is -0.233. The summed E-state index contributed by atoms with van der Waals surface area (Å²) in [6.07, 6.45) is 5.70. The Morgan fingerprint density at radius 1 is 1.73 bits per heavy atom. The molecule has 1 unspecified atom stereocenters. The fourth-order valence-corrected chi connectivity index (χ4v) is 2.25. The molecule has 0 bridgehead atoms. The molecule has 0 aromatic heterocycles. The Morgan fingerprint density at radius 3 is 3.36 bits per heavy atom. The van der Waals surface area contributed by atoms with Crippen LogP contribution in [0, 0.1) is 0 Å². The molecule has 0 radical (unpaired) electrons. The molecular formula is C6H5ClIN3. The van der Waals surface area contributed by atoms with Gasteiger partial charge in [0.1, 0.15) is 6.04 Å². The van der Waals surface area contributed by atoms with Crippen LogP contribution in [-0.4, -0.2) is 9.59 Å². The van der Waals surface area contributed by atoms with Crippen LogP contribution in [0.25, 0.3) is 0 Å². The predicted molar refractivity (Wildman–Crippen MR) is 51.6 cm³/mol. The number of nitrogens with zero attached hydrogens (tertiary/aromatic N) is 2. The topological polar surface area (TPSA) is 36.8 Å². The average molecular weight is 281 g/mol. The summed E-state index contributed by atoms with van der Waals surface area (Å²) in [6, 6.07) is 0.0885. The SMILES string of the molecule is ClC1=C[C@]2(I)NN=NC2C=C1. The maximum absolute atomic E-state index is 5.82. The first kappa shape index (κ1) is 7.54. The second kappa shape index (κ2) is 2.45. The normalized spacial score (nSPS) is 39.8. The van der Waals surface area contributed by atoms with E-state index in [0.717, 1.165) is 5.03 Å². The van der Waals surface area contributed by atoms with Crippen LogP contribution in [0.5, 0.6) is 0 Å². The molecule has 1 aliphatic heterocycles. The molecule has 1 N–H and O–H groups in total. The fraction of sp³-hybridized carbons (Fsp3) is 0.333. The quantitative estimate of drug-likeness (QED) is 0.412. The molecule has 0 aromatic rings. The lowest BCUT2D eigenvalue weighted by molar-refractivity contribution is 0.632. The number of halogens is 2. The molecule has 1 aliphatic carbocycles. The van der Waals surface area contributed by atoms with E-state index in [0.29, 0.717) is 0 Å². The number of hydrogen-bond donors (Lipinski definition) is 1. The van der Waals surface area contributed by atoms with Gasteiger partial charge in [0.15, 0.2) is 3.55 Å². The van der Waals surface area contributed by atoms with Crippen molar-refractivity contribution in [1.82, 2.24) is 5.43 Å². The molecule has 0 aromatic carbocycles. The molecule has 2 aliphatic rings. The average Bonchev–Trinajstić information content (AvgIpc) is 2.28. The van der Waals surface area contributed by atoms with Crippen molar-refractivity contribution in [2.75, 3.05) is 0 Å². The molecule has 0 fully saturated rings. The molecule has 5 heteroatoms. The zero-order valence-electron chi connectivity index (χ0n) is 5.46. The summed E-state index contributed by atoms with van der Waals surface area (Å²) in [5.41, 5.74) is 2.90. The van der Waals surface area contributed by atoms with Gasteiger partial charge in [-0.15, -0.1) is 0 Å². The minimum Gasteiger partial charge on any atom is -0.269 e. The molecule has 0 spiro atoms. The summed E-state index contributed by atoms with van der Waals surface area (Å²) in [4.78, 5) is 0. The largest absolute Gasteiger partial charge is 0.269 e. The molecule has 0 saturated heterocycles. The first-order chi connectivity index (χ1) is 5.21. The van der Waals surface area contributed by atoms with E-state index in [-0.39, 0.29) is 9.59 Å². The Labute approximate surface area is 82.7 Å². The van der Waals surface area contributed by atoms with Crippen LogP contribution in [-0.2, 0) is 0 Å².